The summed E-state index contributed by atoms with van der Waals surface area (Å²) in [5.41, 5.74) is 0.295. The van der Waals surface area contributed by atoms with Crippen molar-refractivity contribution >= 4 is 17.7 Å². The van der Waals surface area contributed by atoms with Crippen LogP contribution in [0, 0.1) is 6.92 Å². The zero-order valence-corrected chi connectivity index (χ0v) is 9.38. The van der Waals surface area contributed by atoms with Gasteiger partial charge >= 0.3 is 5.97 Å². The summed E-state index contributed by atoms with van der Waals surface area (Å²) in [5, 5.41) is 11.2. The lowest BCUT2D eigenvalue weighted by Crippen LogP contribution is -2.14. The van der Waals surface area contributed by atoms with E-state index < -0.39 is 11.9 Å². The van der Waals surface area contributed by atoms with E-state index in [0.717, 1.165) is 6.39 Å². The summed E-state index contributed by atoms with van der Waals surface area (Å²) in [5.74, 6) is -1.49. The minimum atomic E-state index is -1.16. The van der Waals surface area contributed by atoms with E-state index in [-0.39, 0.29) is 17.3 Å². The molecule has 0 aliphatic rings. The van der Waals surface area contributed by atoms with Gasteiger partial charge in [0, 0.05) is 0 Å². The van der Waals surface area contributed by atoms with Gasteiger partial charge in [-0.3, -0.25) is 4.79 Å². The molecule has 92 valence electrons. The fourth-order valence-corrected chi connectivity index (χ4v) is 1.32. The van der Waals surface area contributed by atoms with Gasteiger partial charge in [-0.15, -0.1) is 0 Å². The number of aryl methyl sites for hydroxylation is 1. The number of carbonyl (C=O) groups excluding carboxylic acids is 1. The van der Waals surface area contributed by atoms with E-state index >= 15 is 0 Å². The molecule has 0 saturated carbocycles. The highest BCUT2D eigenvalue weighted by atomic mass is 16.4. The molecule has 2 aromatic rings. The lowest BCUT2D eigenvalue weighted by Gasteiger charge is -2.03. The van der Waals surface area contributed by atoms with Crippen LogP contribution in [0.25, 0.3) is 0 Å². The first-order valence-corrected chi connectivity index (χ1v) is 4.99. The third-order valence-corrected chi connectivity index (χ3v) is 2.16. The van der Waals surface area contributed by atoms with Crippen molar-refractivity contribution in [3.63, 3.8) is 0 Å². The van der Waals surface area contributed by atoms with E-state index in [4.69, 9.17) is 9.52 Å². The van der Waals surface area contributed by atoms with Crippen molar-refractivity contribution < 1.29 is 19.1 Å². The highest BCUT2D eigenvalue weighted by molar-refractivity contribution is 6.02. The van der Waals surface area contributed by atoms with Crippen molar-refractivity contribution in [3.8, 4) is 0 Å². The molecule has 0 fully saturated rings. The molecule has 0 bridgehead atoms. The Morgan fingerprint density at radius 3 is 2.78 bits per heavy atom. The van der Waals surface area contributed by atoms with Gasteiger partial charge in [-0.25, -0.2) is 14.8 Å². The Kier molecular flexibility index (Phi) is 3.05. The fraction of sp³-hybridized carbons (Fsp3) is 0.0909. The van der Waals surface area contributed by atoms with E-state index in [2.05, 4.69) is 15.3 Å². The Morgan fingerprint density at radius 1 is 1.39 bits per heavy atom. The van der Waals surface area contributed by atoms with Crippen LogP contribution in [0.15, 0.2) is 29.0 Å². The topological polar surface area (TPSA) is 105 Å². The highest BCUT2D eigenvalue weighted by Crippen LogP contribution is 2.10. The third-order valence-electron chi connectivity index (χ3n) is 2.16. The van der Waals surface area contributed by atoms with Crippen molar-refractivity contribution in [1.29, 1.82) is 0 Å². The first kappa shape index (κ1) is 11.8. The number of carbonyl (C=O) groups is 2. The van der Waals surface area contributed by atoms with Gasteiger partial charge in [0.2, 0.25) is 5.76 Å². The molecule has 7 heteroatoms. The molecule has 0 aliphatic heterocycles. The molecule has 0 radical (unpaired) electrons. The Labute approximate surface area is 101 Å². The normalized spacial score (nSPS) is 10.1. The summed E-state index contributed by atoms with van der Waals surface area (Å²) >= 11 is 0. The zero-order chi connectivity index (χ0) is 13.1. The molecule has 2 heterocycles. The SMILES string of the molecule is Cc1ncoc1C(=O)Nc1cccc(C(=O)O)n1. The van der Waals surface area contributed by atoms with Crippen LogP contribution >= 0.6 is 0 Å². The fourth-order valence-electron chi connectivity index (χ4n) is 1.32. The van der Waals surface area contributed by atoms with Crippen molar-refractivity contribution in [2.45, 2.75) is 6.92 Å². The van der Waals surface area contributed by atoms with Crippen LogP contribution in [0.3, 0.4) is 0 Å². The monoisotopic (exact) mass is 247 g/mol. The largest absolute Gasteiger partial charge is 0.477 e. The molecule has 0 saturated heterocycles. The van der Waals surface area contributed by atoms with Gasteiger partial charge in [0.25, 0.3) is 5.91 Å². The van der Waals surface area contributed by atoms with Gasteiger partial charge < -0.3 is 14.8 Å². The molecule has 2 aromatic heterocycles. The minimum absolute atomic E-state index is 0.0672. The smallest absolute Gasteiger partial charge is 0.354 e. The lowest BCUT2D eigenvalue weighted by molar-refractivity contribution is 0.0690. The van der Waals surface area contributed by atoms with Crippen molar-refractivity contribution in [2.24, 2.45) is 0 Å². The van der Waals surface area contributed by atoms with Crippen molar-refractivity contribution in [2.75, 3.05) is 5.32 Å². The minimum Gasteiger partial charge on any atom is -0.477 e. The standard InChI is InChI=1S/C11H9N3O4/c1-6-9(18-5-12-6)10(15)14-8-4-2-3-7(13-8)11(16)17/h2-5H,1H3,(H,16,17)(H,13,14,15). The summed E-state index contributed by atoms with van der Waals surface area (Å²) in [6.07, 6.45) is 1.16. The van der Waals surface area contributed by atoms with Crippen LogP contribution in [0.5, 0.6) is 0 Å². The molecule has 0 aliphatic carbocycles. The molecule has 2 N–H and O–H groups in total. The van der Waals surface area contributed by atoms with E-state index in [0.29, 0.717) is 5.69 Å². The number of pyridine rings is 1. The number of anilines is 1. The van der Waals surface area contributed by atoms with Crippen LogP contribution in [0.4, 0.5) is 5.82 Å². The molecule has 0 aromatic carbocycles. The van der Waals surface area contributed by atoms with Crippen LogP contribution in [0.2, 0.25) is 0 Å². The van der Waals surface area contributed by atoms with Gasteiger partial charge in [0.1, 0.15) is 5.82 Å². The molecule has 0 unspecified atom stereocenters. The number of carboxylic acids is 1. The van der Waals surface area contributed by atoms with Gasteiger partial charge in [-0.2, -0.15) is 0 Å². The van der Waals surface area contributed by atoms with E-state index in [1.165, 1.54) is 18.2 Å². The first-order valence-electron chi connectivity index (χ1n) is 4.99. The second kappa shape index (κ2) is 4.66. The number of aromatic carboxylic acids is 1. The average Bonchev–Trinajstić information content (AvgIpc) is 2.76. The zero-order valence-electron chi connectivity index (χ0n) is 9.38. The number of nitrogens with zero attached hydrogens (tertiary/aromatic N) is 2. The number of oxazole rings is 1. The number of hydrogen-bond acceptors (Lipinski definition) is 5. The van der Waals surface area contributed by atoms with E-state index in [1.807, 2.05) is 0 Å². The van der Waals surface area contributed by atoms with Gasteiger partial charge in [0.15, 0.2) is 12.1 Å². The predicted octanol–water partition coefficient (Wildman–Crippen LogP) is 1.33. The number of amides is 1. The average molecular weight is 247 g/mol. The molecular formula is C11H9N3O4. The molecule has 7 nitrogen and oxygen atoms in total. The number of rotatable bonds is 3. The summed E-state index contributed by atoms with van der Waals surface area (Å²) in [6, 6.07) is 4.30. The summed E-state index contributed by atoms with van der Waals surface area (Å²) in [4.78, 5) is 30.0. The lowest BCUT2D eigenvalue weighted by atomic mass is 10.3. The maximum absolute atomic E-state index is 11.7. The van der Waals surface area contributed by atoms with E-state index in [9.17, 15) is 9.59 Å². The molecule has 18 heavy (non-hydrogen) atoms. The maximum atomic E-state index is 11.7. The molecule has 0 atom stereocenters. The van der Waals surface area contributed by atoms with Crippen LogP contribution in [-0.4, -0.2) is 27.0 Å². The molecule has 1 amide bonds. The molecular weight excluding hydrogens is 238 g/mol. The van der Waals surface area contributed by atoms with Crippen LogP contribution in [0.1, 0.15) is 26.7 Å². The Morgan fingerprint density at radius 2 is 2.17 bits per heavy atom. The van der Waals surface area contributed by atoms with Crippen molar-refractivity contribution in [1.82, 2.24) is 9.97 Å². The van der Waals surface area contributed by atoms with Gasteiger partial charge in [-0.05, 0) is 19.1 Å². The Balaban J connectivity index is 2.20. The van der Waals surface area contributed by atoms with Gasteiger partial charge in [0.05, 0.1) is 5.69 Å². The predicted molar refractivity (Wildman–Crippen MR) is 60.4 cm³/mol. The maximum Gasteiger partial charge on any atom is 0.354 e. The summed E-state index contributed by atoms with van der Waals surface area (Å²) in [7, 11) is 0. The highest BCUT2D eigenvalue weighted by Gasteiger charge is 2.15. The summed E-state index contributed by atoms with van der Waals surface area (Å²) in [6.45, 7) is 1.62. The molecule has 0 spiro atoms. The number of hydrogen-bond donors (Lipinski definition) is 2. The van der Waals surface area contributed by atoms with E-state index in [1.54, 1.807) is 6.92 Å². The number of aromatic nitrogens is 2. The quantitative estimate of drug-likeness (QED) is 0.847. The second-order valence-corrected chi connectivity index (χ2v) is 3.43. The van der Waals surface area contributed by atoms with Gasteiger partial charge in [-0.1, -0.05) is 6.07 Å². The first-order chi connectivity index (χ1) is 8.58. The van der Waals surface area contributed by atoms with Crippen LogP contribution in [-0.2, 0) is 0 Å². The number of carboxylic acid groups (broad SMARTS) is 1. The second-order valence-electron chi connectivity index (χ2n) is 3.43. The number of nitrogens with one attached hydrogen (secondary N) is 1. The van der Waals surface area contributed by atoms with Crippen molar-refractivity contribution in [3.05, 3.63) is 41.7 Å². The van der Waals surface area contributed by atoms with Crippen LogP contribution < -0.4 is 5.32 Å². The molecule has 2 rings (SSSR count). The summed E-state index contributed by atoms with van der Waals surface area (Å²) < 4.78 is 4.91. The third kappa shape index (κ3) is 2.34. The Hall–Kier alpha value is -2.70. The Bertz CT molecular complexity index is 606.